The maximum Gasteiger partial charge on any atom is 0.307 e. The van der Waals surface area contributed by atoms with Gasteiger partial charge in [-0.15, -0.1) is 0 Å². The number of hydrogen-bond acceptors (Lipinski definition) is 4. The minimum atomic E-state index is -0.855. The monoisotopic (exact) mass is 306 g/mol. The standard InChI is InChI=1S/C16H22N2O4/c19-15(20)6-7-18-10-13(16(21)22)8-14(11-18)17-9-12-4-2-1-3-5-12/h1-5,13-14,17H,6-11H2,(H,19,20)(H,21,22). The van der Waals surface area contributed by atoms with Gasteiger partial charge in [0.1, 0.15) is 0 Å². The first-order valence-corrected chi connectivity index (χ1v) is 7.49. The smallest absolute Gasteiger partial charge is 0.307 e. The predicted molar refractivity (Wildman–Crippen MR) is 81.5 cm³/mol. The number of carboxylic acids is 2. The fourth-order valence-electron chi connectivity index (χ4n) is 2.81. The summed E-state index contributed by atoms with van der Waals surface area (Å²) in [6.45, 7) is 2.18. The van der Waals surface area contributed by atoms with E-state index in [-0.39, 0.29) is 12.5 Å². The molecule has 3 N–H and O–H groups in total. The lowest BCUT2D eigenvalue weighted by atomic mass is 9.94. The van der Waals surface area contributed by atoms with Crippen LogP contribution in [-0.2, 0) is 16.1 Å². The second kappa shape index (κ2) is 7.91. The van der Waals surface area contributed by atoms with Crippen molar-refractivity contribution in [2.45, 2.75) is 25.4 Å². The zero-order valence-corrected chi connectivity index (χ0v) is 12.4. The van der Waals surface area contributed by atoms with Gasteiger partial charge >= 0.3 is 11.9 Å². The fraction of sp³-hybridized carbons (Fsp3) is 0.500. The second-order valence-electron chi connectivity index (χ2n) is 5.74. The molecule has 1 heterocycles. The molecule has 1 saturated heterocycles. The molecule has 2 rings (SSSR count). The van der Waals surface area contributed by atoms with E-state index in [0.29, 0.717) is 32.6 Å². The van der Waals surface area contributed by atoms with Gasteiger partial charge in [0.2, 0.25) is 0 Å². The SMILES string of the molecule is O=C(O)CCN1CC(NCc2ccccc2)CC(C(=O)O)C1. The number of hydrogen-bond donors (Lipinski definition) is 3. The van der Waals surface area contributed by atoms with E-state index in [1.54, 1.807) is 0 Å². The number of nitrogens with one attached hydrogen (secondary N) is 1. The molecule has 22 heavy (non-hydrogen) atoms. The molecule has 6 heteroatoms. The van der Waals surface area contributed by atoms with Crippen molar-refractivity contribution in [2.75, 3.05) is 19.6 Å². The Morgan fingerprint density at radius 3 is 2.55 bits per heavy atom. The van der Waals surface area contributed by atoms with Crippen molar-refractivity contribution >= 4 is 11.9 Å². The average Bonchev–Trinajstić information content (AvgIpc) is 2.52. The Kier molecular flexibility index (Phi) is 5.91. The number of benzene rings is 1. The molecule has 6 nitrogen and oxygen atoms in total. The van der Waals surface area contributed by atoms with Gasteiger partial charge in [-0.05, 0) is 12.0 Å². The van der Waals surface area contributed by atoms with E-state index in [2.05, 4.69) is 5.32 Å². The summed E-state index contributed by atoms with van der Waals surface area (Å²) in [6, 6.07) is 10.00. The van der Waals surface area contributed by atoms with Crippen molar-refractivity contribution in [2.24, 2.45) is 5.92 Å². The first-order chi connectivity index (χ1) is 10.5. The van der Waals surface area contributed by atoms with Crippen LogP contribution in [0.25, 0.3) is 0 Å². The van der Waals surface area contributed by atoms with E-state index < -0.39 is 17.9 Å². The Morgan fingerprint density at radius 1 is 1.18 bits per heavy atom. The lowest BCUT2D eigenvalue weighted by Gasteiger charge is -2.36. The number of likely N-dealkylation sites (tertiary alicyclic amines) is 1. The Morgan fingerprint density at radius 2 is 1.91 bits per heavy atom. The van der Waals surface area contributed by atoms with Crippen LogP contribution in [0, 0.1) is 5.92 Å². The van der Waals surface area contributed by atoms with Crippen LogP contribution in [0.3, 0.4) is 0 Å². The maximum absolute atomic E-state index is 11.3. The molecule has 0 aliphatic carbocycles. The highest BCUT2D eigenvalue weighted by Gasteiger charge is 2.31. The third-order valence-electron chi connectivity index (χ3n) is 3.96. The molecule has 2 atom stereocenters. The van der Waals surface area contributed by atoms with Gasteiger partial charge in [0, 0.05) is 32.2 Å². The normalized spacial score (nSPS) is 22.4. The molecule has 0 amide bonds. The summed E-state index contributed by atoms with van der Waals surface area (Å²) >= 11 is 0. The molecule has 1 aliphatic heterocycles. The van der Waals surface area contributed by atoms with Crippen LogP contribution in [-0.4, -0.2) is 52.7 Å². The summed E-state index contributed by atoms with van der Waals surface area (Å²) in [7, 11) is 0. The van der Waals surface area contributed by atoms with Gasteiger partial charge in [-0.1, -0.05) is 30.3 Å². The highest BCUT2D eigenvalue weighted by molar-refractivity contribution is 5.70. The van der Waals surface area contributed by atoms with Crippen LogP contribution < -0.4 is 5.32 Å². The van der Waals surface area contributed by atoms with Crippen LogP contribution in [0.15, 0.2) is 30.3 Å². The minimum absolute atomic E-state index is 0.0394. The lowest BCUT2D eigenvalue weighted by molar-refractivity contribution is -0.144. The van der Waals surface area contributed by atoms with Crippen LogP contribution in [0.4, 0.5) is 0 Å². The summed E-state index contributed by atoms with van der Waals surface area (Å²) in [6.07, 6.45) is 0.615. The molecule has 1 aromatic rings. The van der Waals surface area contributed by atoms with Gasteiger partial charge in [0.15, 0.2) is 0 Å². The van der Waals surface area contributed by atoms with Gasteiger partial charge in [0.25, 0.3) is 0 Å². The molecule has 0 bridgehead atoms. The summed E-state index contributed by atoms with van der Waals surface area (Å²) < 4.78 is 0. The maximum atomic E-state index is 11.3. The summed E-state index contributed by atoms with van der Waals surface area (Å²) in [5, 5.41) is 21.4. The van der Waals surface area contributed by atoms with E-state index >= 15 is 0 Å². The van der Waals surface area contributed by atoms with Crippen molar-refractivity contribution in [3.8, 4) is 0 Å². The molecule has 120 valence electrons. The third kappa shape index (κ3) is 5.13. The Bertz CT molecular complexity index is 506. The molecule has 2 unspecified atom stereocenters. The molecule has 0 spiro atoms. The summed E-state index contributed by atoms with van der Waals surface area (Å²) in [4.78, 5) is 23.9. The van der Waals surface area contributed by atoms with Gasteiger partial charge < -0.3 is 20.4 Å². The van der Waals surface area contributed by atoms with E-state index in [1.165, 1.54) is 0 Å². The number of nitrogens with zero attached hydrogens (tertiary/aromatic N) is 1. The summed E-state index contributed by atoms with van der Waals surface area (Å²) in [5.41, 5.74) is 1.15. The second-order valence-corrected chi connectivity index (χ2v) is 5.74. The third-order valence-corrected chi connectivity index (χ3v) is 3.96. The Balaban J connectivity index is 1.90. The zero-order chi connectivity index (χ0) is 15.9. The van der Waals surface area contributed by atoms with Crippen LogP contribution in [0.5, 0.6) is 0 Å². The summed E-state index contributed by atoms with van der Waals surface area (Å²) in [5.74, 6) is -2.12. The largest absolute Gasteiger partial charge is 0.481 e. The van der Waals surface area contributed by atoms with Crippen LogP contribution in [0.2, 0.25) is 0 Å². The number of aliphatic carboxylic acids is 2. The molecule has 0 aromatic heterocycles. The van der Waals surface area contributed by atoms with Gasteiger partial charge in [0.05, 0.1) is 12.3 Å². The fourth-order valence-corrected chi connectivity index (χ4v) is 2.81. The average molecular weight is 306 g/mol. The van der Waals surface area contributed by atoms with Gasteiger partial charge in [-0.3, -0.25) is 9.59 Å². The van der Waals surface area contributed by atoms with E-state index in [1.807, 2.05) is 35.2 Å². The highest BCUT2D eigenvalue weighted by Crippen LogP contribution is 2.18. The molecular weight excluding hydrogens is 284 g/mol. The molecule has 1 fully saturated rings. The van der Waals surface area contributed by atoms with E-state index in [9.17, 15) is 14.7 Å². The number of carboxylic acid groups (broad SMARTS) is 2. The zero-order valence-electron chi connectivity index (χ0n) is 12.4. The van der Waals surface area contributed by atoms with Crippen molar-refractivity contribution in [1.82, 2.24) is 10.2 Å². The van der Waals surface area contributed by atoms with Crippen LogP contribution >= 0.6 is 0 Å². The first-order valence-electron chi connectivity index (χ1n) is 7.49. The number of carbonyl (C=O) groups is 2. The molecule has 0 saturated carbocycles. The van der Waals surface area contributed by atoms with E-state index in [4.69, 9.17) is 5.11 Å². The predicted octanol–water partition coefficient (Wildman–Crippen LogP) is 1.03. The van der Waals surface area contributed by atoms with Gasteiger partial charge in [-0.25, -0.2) is 0 Å². The Labute approximate surface area is 129 Å². The number of piperidine rings is 1. The van der Waals surface area contributed by atoms with Crippen molar-refractivity contribution in [3.63, 3.8) is 0 Å². The number of rotatable bonds is 7. The molecule has 0 radical (unpaired) electrons. The Hall–Kier alpha value is -1.92. The molecule has 1 aromatic carbocycles. The van der Waals surface area contributed by atoms with Gasteiger partial charge in [-0.2, -0.15) is 0 Å². The van der Waals surface area contributed by atoms with Crippen LogP contribution in [0.1, 0.15) is 18.4 Å². The quantitative estimate of drug-likeness (QED) is 0.697. The van der Waals surface area contributed by atoms with E-state index in [0.717, 1.165) is 5.56 Å². The molecule has 1 aliphatic rings. The first kappa shape index (κ1) is 16.5. The highest BCUT2D eigenvalue weighted by atomic mass is 16.4. The van der Waals surface area contributed by atoms with Crippen molar-refractivity contribution < 1.29 is 19.8 Å². The van der Waals surface area contributed by atoms with Crippen molar-refractivity contribution in [1.29, 1.82) is 0 Å². The topological polar surface area (TPSA) is 89.9 Å². The van der Waals surface area contributed by atoms with Crippen molar-refractivity contribution in [3.05, 3.63) is 35.9 Å². The molecular formula is C16H22N2O4. The minimum Gasteiger partial charge on any atom is -0.481 e. The lowest BCUT2D eigenvalue weighted by Crippen LogP contribution is -2.51.